The number of aromatic amines is 1. The number of hydrogen-bond acceptors (Lipinski definition) is 5. The number of aliphatic hydroxyl groups excluding tert-OH is 1. The molecule has 2 N–H and O–H groups in total. The van der Waals surface area contributed by atoms with Crippen LogP contribution in [0.4, 0.5) is 4.79 Å². The third kappa shape index (κ3) is 6.39. The van der Waals surface area contributed by atoms with Crippen molar-refractivity contribution in [1.82, 2.24) is 14.8 Å². The highest BCUT2D eigenvalue weighted by Crippen LogP contribution is 2.34. The SMILES string of the molecule is CCN(C(O)c1cc2c([nH]1)CCCO2)[C@H]1CCC[C@@H](N(Cc2ccccc2)C(=O)OC(C)(C)C)C1. The average Bonchev–Trinajstić information content (AvgIpc) is 3.27. The van der Waals surface area contributed by atoms with E-state index >= 15 is 0 Å². The first-order valence-corrected chi connectivity index (χ1v) is 13.1. The van der Waals surface area contributed by atoms with Gasteiger partial charge in [-0.2, -0.15) is 0 Å². The molecule has 1 aromatic carbocycles. The Morgan fingerprint density at radius 1 is 1.20 bits per heavy atom. The molecular weight excluding hydrogens is 442 g/mol. The van der Waals surface area contributed by atoms with Crippen LogP contribution < -0.4 is 4.74 Å². The highest BCUT2D eigenvalue weighted by atomic mass is 16.6. The van der Waals surface area contributed by atoms with Crippen LogP contribution in [0.5, 0.6) is 5.75 Å². The number of aryl methyl sites for hydroxylation is 1. The van der Waals surface area contributed by atoms with Gasteiger partial charge in [-0.3, -0.25) is 4.90 Å². The van der Waals surface area contributed by atoms with Gasteiger partial charge in [0, 0.05) is 24.7 Å². The van der Waals surface area contributed by atoms with Gasteiger partial charge in [-0.25, -0.2) is 4.79 Å². The molecule has 1 fully saturated rings. The van der Waals surface area contributed by atoms with Crippen molar-refractivity contribution in [2.24, 2.45) is 0 Å². The molecule has 7 nitrogen and oxygen atoms in total. The number of carbonyl (C=O) groups is 1. The fraction of sp³-hybridized carbons (Fsp3) is 0.607. The molecule has 1 aromatic heterocycles. The van der Waals surface area contributed by atoms with Gasteiger partial charge >= 0.3 is 6.09 Å². The summed E-state index contributed by atoms with van der Waals surface area (Å²) in [7, 11) is 0. The second kappa shape index (κ2) is 11.0. The van der Waals surface area contributed by atoms with Crippen LogP contribution >= 0.6 is 0 Å². The van der Waals surface area contributed by atoms with Gasteiger partial charge in [0.05, 0.1) is 18.0 Å². The van der Waals surface area contributed by atoms with Crippen LogP contribution in [0.2, 0.25) is 0 Å². The van der Waals surface area contributed by atoms with E-state index in [4.69, 9.17) is 9.47 Å². The molecule has 0 radical (unpaired) electrons. The third-order valence-electron chi connectivity index (χ3n) is 7.02. The van der Waals surface area contributed by atoms with Crippen LogP contribution in [0.15, 0.2) is 36.4 Å². The average molecular weight is 484 g/mol. The lowest BCUT2D eigenvalue weighted by atomic mass is 9.88. The molecule has 2 aromatic rings. The van der Waals surface area contributed by atoms with Gasteiger partial charge in [0.2, 0.25) is 0 Å². The Bertz CT molecular complexity index is 945. The van der Waals surface area contributed by atoms with Crippen molar-refractivity contribution in [3.8, 4) is 5.75 Å². The Balaban J connectivity index is 1.51. The standard InChI is InChI=1S/C28H41N3O4/c1-5-30(26(32)24-18-25-23(29-24)15-10-16-34-25)21-13-9-14-22(17-21)31(27(33)35-28(2,3)4)19-20-11-7-6-8-12-20/h6-8,11-12,18,21-22,26,29,32H,5,9-10,13-17,19H2,1-4H3/t21-,22+,26?/m0/s1. The summed E-state index contributed by atoms with van der Waals surface area (Å²) in [6, 6.07) is 12.2. The highest BCUT2D eigenvalue weighted by Gasteiger charge is 2.36. The second-order valence-corrected chi connectivity index (χ2v) is 10.8. The number of H-pyrrole nitrogens is 1. The van der Waals surface area contributed by atoms with Crippen LogP contribution in [0.3, 0.4) is 0 Å². The number of nitrogens with one attached hydrogen (secondary N) is 1. The van der Waals surface area contributed by atoms with Crippen LogP contribution in [-0.4, -0.2) is 56.8 Å². The second-order valence-electron chi connectivity index (χ2n) is 10.8. The van der Waals surface area contributed by atoms with Gasteiger partial charge in [-0.15, -0.1) is 0 Å². The first-order chi connectivity index (χ1) is 16.7. The largest absolute Gasteiger partial charge is 0.492 e. The fourth-order valence-corrected chi connectivity index (χ4v) is 5.36. The Labute approximate surface area is 209 Å². The predicted molar refractivity (Wildman–Crippen MR) is 136 cm³/mol. The van der Waals surface area contributed by atoms with Gasteiger partial charge in [0.15, 0.2) is 0 Å². The van der Waals surface area contributed by atoms with Crippen molar-refractivity contribution >= 4 is 6.09 Å². The molecule has 0 saturated heterocycles. The molecule has 4 rings (SSSR count). The van der Waals surface area contributed by atoms with Crippen molar-refractivity contribution < 1.29 is 19.4 Å². The number of aliphatic hydroxyl groups is 1. The Hall–Kier alpha value is -2.51. The van der Waals surface area contributed by atoms with Crippen molar-refractivity contribution in [2.45, 2.75) is 96.7 Å². The topological polar surface area (TPSA) is 78.0 Å². The number of amides is 1. The minimum atomic E-state index is -0.734. The number of nitrogens with zero attached hydrogens (tertiary/aromatic N) is 2. The molecule has 1 aliphatic heterocycles. The van der Waals surface area contributed by atoms with E-state index in [0.29, 0.717) is 13.1 Å². The summed E-state index contributed by atoms with van der Waals surface area (Å²) in [5, 5.41) is 11.3. The number of rotatable bonds is 7. The molecule has 2 aliphatic rings. The van der Waals surface area contributed by atoms with E-state index < -0.39 is 11.8 Å². The number of benzene rings is 1. The zero-order chi connectivity index (χ0) is 25.0. The summed E-state index contributed by atoms with van der Waals surface area (Å²) >= 11 is 0. The van der Waals surface area contributed by atoms with E-state index in [9.17, 15) is 9.90 Å². The quantitative estimate of drug-likeness (QED) is 0.516. The van der Waals surface area contributed by atoms with Gasteiger partial charge in [0.25, 0.3) is 0 Å². The number of ether oxygens (including phenoxy) is 2. The van der Waals surface area contributed by atoms with E-state index in [-0.39, 0.29) is 18.2 Å². The Kier molecular flexibility index (Phi) is 8.07. The monoisotopic (exact) mass is 483 g/mol. The van der Waals surface area contributed by atoms with E-state index in [2.05, 4.69) is 28.9 Å². The van der Waals surface area contributed by atoms with Gasteiger partial charge in [-0.1, -0.05) is 37.3 Å². The number of carbonyl (C=O) groups excluding carboxylic acids is 1. The smallest absolute Gasteiger partial charge is 0.410 e. The number of hydrogen-bond donors (Lipinski definition) is 2. The first kappa shape index (κ1) is 25.6. The molecule has 0 spiro atoms. The van der Waals surface area contributed by atoms with Crippen molar-refractivity contribution in [1.29, 1.82) is 0 Å². The van der Waals surface area contributed by atoms with Gasteiger partial charge in [0.1, 0.15) is 17.6 Å². The minimum Gasteiger partial charge on any atom is -0.492 e. The molecule has 1 unspecified atom stereocenters. The van der Waals surface area contributed by atoms with E-state index in [1.54, 1.807) is 0 Å². The Morgan fingerprint density at radius 2 is 1.94 bits per heavy atom. The van der Waals surface area contributed by atoms with Crippen LogP contribution in [0.1, 0.15) is 83.0 Å². The van der Waals surface area contributed by atoms with Crippen LogP contribution in [-0.2, 0) is 17.7 Å². The number of aromatic nitrogens is 1. The molecule has 0 bridgehead atoms. The minimum absolute atomic E-state index is 0.0465. The summed E-state index contributed by atoms with van der Waals surface area (Å²) in [5.74, 6) is 0.863. The molecule has 2 heterocycles. The van der Waals surface area contributed by atoms with Crippen LogP contribution in [0, 0.1) is 0 Å². The summed E-state index contributed by atoms with van der Waals surface area (Å²) in [5.41, 5.74) is 2.39. The molecule has 7 heteroatoms. The summed E-state index contributed by atoms with van der Waals surface area (Å²) in [6.45, 7) is 9.76. The zero-order valence-corrected chi connectivity index (χ0v) is 21.6. The molecule has 1 aliphatic carbocycles. The molecular formula is C28H41N3O4. The van der Waals surface area contributed by atoms with E-state index in [1.165, 1.54) is 0 Å². The van der Waals surface area contributed by atoms with Crippen molar-refractivity contribution in [2.75, 3.05) is 13.2 Å². The summed E-state index contributed by atoms with van der Waals surface area (Å²) in [6.07, 6.45) is 4.65. The summed E-state index contributed by atoms with van der Waals surface area (Å²) < 4.78 is 11.6. The van der Waals surface area contributed by atoms with E-state index in [1.807, 2.05) is 49.9 Å². The first-order valence-electron chi connectivity index (χ1n) is 13.1. The van der Waals surface area contributed by atoms with E-state index in [0.717, 1.165) is 67.8 Å². The molecule has 1 saturated carbocycles. The number of fused-ring (bicyclic) bond motifs is 1. The maximum absolute atomic E-state index is 13.3. The molecule has 35 heavy (non-hydrogen) atoms. The maximum Gasteiger partial charge on any atom is 0.410 e. The van der Waals surface area contributed by atoms with Crippen LogP contribution in [0.25, 0.3) is 0 Å². The lowest BCUT2D eigenvalue weighted by molar-refractivity contribution is -0.0486. The summed E-state index contributed by atoms with van der Waals surface area (Å²) in [4.78, 5) is 20.7. The van der Waals surface area contributed by atoms with Crippen molar-refractivity contribution in [3.63, 3.8) is 0 Å². The van der Waals surface area contributed by atoms with Gasteiger partial charge < -0.3 is 24.5 Å². The Morgan fingerprint density at radius 3 is 2.63 bits per heavy atom. The highest BCUT2D eigenvalue weighted by molar-refractivity contribution is 5.68. The maximum atomic E-state index is 13.3. The normalized spacial score (nSPS) is 21.2. The lowest BCUT2D eigenvalue weighted by Crippen LogP contribution is -2.49. The zero-order valence-electron chi connectivity index (χ0n) is 21.6. The van der Waals surface area contributed by atoms with Gasteiger partial charge in [-0.05, 0) is 71.4 Å². The molecule has 1 amide bonds. The molecule has 3 atom stereocenters. The predicted octanol–water partition coefficient (Wildman–Crippen LogP) is 5.40. The molecule has 192 valence electrons. The van der Waals surface area contributed by atoms with Crippen molar-refractivity contribution in [3.05, 3.63) is 53.3 Å². The fourth-order valence-electron chi connectivity index (χ4n) is 5.36. The third-order valence-corrected chi connectivity index (χ3v) is 7.02. The lowest BCUT2D eigenvalue weighted by Gasteiger charge is -2.43.